The highest BCUT2D eigenvalue weighted by atomic mass is 32.2. The van der Waals surface area contributed by atoms with Gasteiger partial charge in [-0.3, -0.25) is 10.1 Å². The van der Waals surface area contributed by atoms with Crippen molar-refractivity contribution >= 4 is 32.0 Å². The topological polar surface area (TPSA) is 142 Å². The molecular formula is C9H13N5O4S2. The van der Waals surface area contributed by atoms with E-state index in [1.807, 2.05) is 6.07 Å². The molecule has 1 aromatic rings. The Bertz CT molecular complexity index is 633. The molecule has 0 aliphatic rings. The molecule has 0 spiro atoms. The van der Waals surface area contributed by atoms with Crippen molar-refractivity contribution in [2.75, 3.05) is 18.5 Å². The van der Waals surface area contributed by atoms with Crippen LogP contribution in [0.4, 0.5) is 10.7 Å². The Morgan fingerprint density at radius 3 is 2.70 bits per heavy atom. The van der Waals surface area contributed by atoms with E-state index in [4.69, 9.17) is 11.1 Å². The van der Waals surface area contributed by atoms with Gasteiger partial charge < -0.3 is 5.43 Å². The summed E-state index contributed by atoms with van der Waals surface area (Å²) in [7, 11) is -3.87. The molecule has 110 valence electrons. The Morgan fingerprint density at radius 1 is 1.65 bits per heavy atom. The van der Waals surface area contributed by atoms with E-state index in [9.17, 15) is 18.5 Å². The van der Waals surface area contributed by atoms with Gasteiger partial charge >= 0.3 is 5.69 Å². The number of hydrazine groups is 1. The average molecular weight is 319 g/mol. The van der Waals surface area contributed by atoms with Crippen molar-refractivity contribution in [2.24, 2.45) is 5.84 Å². The summed E-state index contributed by atoms with van der Waals surface area (Å²) in [5.41, 5.74) is 1.72. The molecule has 0 unspecified atom stereocenters. The minimum Gasteiger partial charge on any atom is -0.310 e. The Morgan fingerprint density at radius 2 is 2.30 bits per heavy atom. The normalized spacial score (nSPS) is 11.3. The van der Waals surface area contributed by atoms with E-state index < -0.39 is 20.6 Å². The number of nitro groups is 1. The standard InChI is InChI=1S/C9H13N5O4S2/c1-2-13(5-3-4-10)20(17,18)8-6-7(14(15)16)9(12-11)19-8/h6,12H,2-3,5,11H2,1H3. The van der Waals surface area contributed by atoms with Gasteiger partial charge in [0.05, 0.1) is 11.0 Å². The largest absolute Gasteiger partial charge is 0.310 e. The molecule has 0 aliphatic carbocycles. The molecule has 20 heavy (non-hydrogen) atoms. The summed E-state index contributed by atoms with van der Waals surface area (Å²) in [4.78, 5) is 10.1. The lowest BCUT2D eigenvalue weighted by Gasteiger charge is -2.17. The molecule has 0 amide bonds. The number of nitrogens with zero attached hydrogens (tertiary/aromatic N) is 3. The van der Waals surface area contributed by atoms with Gasteiger partial charge in [0.25, 0.3) is 10.0 Å². The summed E-state index contributed by atoms with van der Waals surface area (Å²) in [6.45, 7) is 1.83. The third kappa shape index (κ3) is 3.23. The first-order chi connectivity index (χ1) is 9.38. The molecule has 0 fully saturated rings. The first kappa shape index (κ1) is 16.3. The number of anilines is 1. The highest BCUT2D eigenvalue weighted by Crippen LogP contribution is 2.37. The molecule has 0 saturated carbocycles. The van der Waals surface area contributed by atoms with Crippen molar-refractivity contribution in [1.29, 1.82) is 5.26 Å². The van der Waals surface area contributed by atoms with Crippen LogP contribution < -0.4 is 11.3 Å². The van der Waals surface area contributed by atoms with Gasteiger partial charge in [0.15, 0.2) is 5.00 Å². The summed E-state index contributed by atoms with van der Waals surface area (Å²) in [5.74, 6) is 5.14. The zero-order valence-electron chi connectivity index (χ0n) is 10.6. The molecule has 9 nitrogen and oxygen atoms in total. The minimum atomic E-state index is -3.87. The van der Waals surface area contributed by atoms with Crippen LogP contribution in [0.3, 0.4) is 0 Å². The second-order valence-corrected chi connectivity index (χ2v) is 6.80. The third-order valence-electron chi connectivity index (χ3n) is 2.44. The number of sulfonamides is 1. The zero-order chi connectivity index (χ0) is 15.3. The second kappa shape index (κ2) is 6.62. The molecule has 0 radical (unpaired) electrons. The summed E-state index contributed by atoms with van der Waals surface area (Å²) >= 11 is 0.682. The summed E-state index contributed by atoms with van der Waals surface area (Å²) in [5, 5.41) is 19.3. The van der Waals surface area contributed by atoms with Gasteiger partial charge in [0, 0.05) is 25.6 Å². The van der Waals surface area contributed by atoms with Crippen LogP contribution >= 0.6 is 11.3 Å². The number of hydrogen-bond acceptors (Lipinski definition) is 8. The van der Waals surface area contributed by atoms with E-state index in [0.717, 1.165) is 10.4 Å². The van der Waals surface area contributed by atoms with Crippen LogP contribution in [0.25, 0.3) is 0 Å². The van der Waals surface area contributed by atoms with Gasteiger partial charge in [-0.1, -0.05) is 18.3 Å². The van der Waals surface area contributed by atoms with Crippen molar-refractivity contribution in [1.82, 2.24) is 4.31 Å². The van der Waals surface area contributed by atoms with Crippen LogP contribution in [0, 0.1) is 21.4 Å². The van der Waals surface area contributed by atoms with E-state index in [1.54, 1.807) is 6.92 Å². The molecule has 0 aliphatic heterocycles. The van der Waals surface area contributed by atoms with Gasteiger partial charge in [-0.05, 0) is 0 Å². The lowest BCUT2D eigenvalue weighted by Crippen LogP contribution is -2.31. The number of thiophene rings is 1. The Kier molecular flexibility index (Phi) is 5.40. The summed E-state index contributed by atoms with van der Waals surface area (Å²) < 4.78 is 25.5. The molecule has 0 bridgehead atoms. The molecule has 0 aromatic carbocycles. The van der Waals surface area contributed by atoms with Crippen LogP contribution in [-0.2, 0) is 10.0 Å². The van der Waals surface area contributed by atoms with E-state index >= 15 is 0 Å². The van der Waals surface area contributed by atoms with Crippen molar-refractivity contribution in [3.8, 4) is 6.07 Å². The quantitative estimate of drug-likeness (QED) is 0.431. The predicted molar refractivity (Wildman–Crippen MR) is 73.4 cm³/mol. The first-order valence-electron chi connectivity index (χ1n) is 5.50. The molecule has 11 heteroatoms. The Hall–Kier alpha value is -1.74. The maximum absolute atomic E-state index is 12.3. The second-order valence-electron chi connectivity index (χ2n) is 3.59. The Labute approximate surface area is 119 Å². The lowest BCUT2D eigenvalue weighted by atomic mass is 10.5. The lowest BCUT2D eigenvalue weighted by molar-refractivity contribution is -0.383. The summed E-state index contributed by atoms with van der Waals surface area (Å²) in [6.07, 6.45) is 0.0442. The molecule has 3 N–H and O–H groups in total. The van der Waals surface area contributed by atoms with Gasteiger partial charge in [0.2, 0.25) is 0 Å². The van der Waals surface area contributed by atoms with Crippen molar-refractivity contribution < 1.29 is 13.3 Å². The van der Waals surface area contributed by atoms with E-state index in [1.165, 1.54) is 0 Å². The van der Waals surface area contributed by atoms with Gasteiger partial charge in [-0.15, -0.1) is 0 Å². The van der Waals surface area contributed by atoms with Crippen LogP contribution in [0.2, 0.25) is 0 Å². The fourth-order valence-electron chi connectivity index (χ4n) is 1.48. The van der Waals surface area contributed by atoms with Crippen molar-refractivity contribution in [2.45, 2.75) is 17.6 Å². The highest BCUT2D eigenvalue weighted by Gasteiger charge is 2.29. The van der Waals surface area contributed by atoms with Crippen LogP contribution in [0.15, 0.2) is 10.3 Å². The number of rotatable bonds is 7. The molecule has 1 heterocycles. The number of nitrogens with two attached hydrogens (primary N) is 1. The monoisotopic (exact) mass is 319 g/mol. The minimum absolute atomic E-state index is 0.0341. The van der Waals surface area contributed by atoms with Crippen molar-refractivity contribution in [3.63, 3.8) is 0 Å². The molecule has 1 aromatic heterocycles. The molecule has 1 rings (SSSR count). The highest BCUT2D eigenvalue weighted by molar-refractivity contribution is 7.91. The molecule has 0 saturated heterocycles. The number of hydrogen-bond donors (Lipinski definition) is 2. The van der Waals surface area contributed by atoms with E-state index in [2.05, 4.69) is 5.43 Å². The molecular weight excluding hydrogens is 306 g/mol. The average Bonchev–Trinajstić information content (AvgIpc) is 2.84. The molecule has 0 atom stereocenters. The smallest absolute Gasteiger partial charge is 0.306 e. The van der Waals surface area contributed by atoms with Crippen LogP contribution in [0.1, 0.15) is 13.3 Å². The Balaban J connectivity index is 3.21. The van der Waals surface area contributed by atoms with Gasteiger partial charge in [-0.2, -0.15) is 9.57 Å². The fraction of sp³-hybridized carbons (Fsp3) is 0.444. The number of nitrogens with one attached hydrogen (secondary N) is 1. The zero-order valence-corrected chi connectivity index (χ0v) is 12.2. The maximum atomic E-state index is 12.3. The fourth-order valence-corrected chi connectivity index (χ4v) is 4.32. The maximum Gasteiger partial charge on any atom is 0.306 e. The SMILES string of the molecule is CCN(CCC#N)S(=O)(=O)c1cc([N+](=O)[O-])c(NN)s1. The summed E-state index contributed by atoms with van der Waals surface area (Å²) in [6, 6.07) is 2.82. The van der Waals surface area contributed by atoms with Crippen LogP contribution in [0.5, 0.6) is 0 Å². The first-order valence-corrected chi connectivity index (χ1v) is 7.76. The van der Waals surface area contributed by atoms with E-state index in [-0.39, 0.29) is 28.7 Å². The number of nitrogen functional groups attached to an aromatic ring is 1. The van der Waals surface area contributed by atoms with Crippen LogP contribution in [-0.4, -0.2) is 30.7 Å². The van der Waals surface area contributed by atoms with E-state index in [0.29, 0.717) is 11.3 Å². The van der Waals surface area contributed by atoms with Crippen molar-refractivity contribution in [3.05, 3.63) is 16.2 Å². The van der Waals surface area contributed by atoms with Gasteiger partial charge in [-0.25, -0.2) is 14.3 Å². The van der Waals surface area contributed by atoms with Gasteiger partial charge in [0.1, 0.15) is 4.21 Å². The number of nitriles is 1. The third-order valence-corrected chi connectivity index (χ3v) is 5.92. The predicted octanol–water partition coefficient (Wildman–Crippen LogP) is 0.866.